The van der Waals surface area contributed by atoms with Crippen LogP contribution in [0.3, 0.4) is 0 Å². The molecule has 1 aliphatic heterocycles. The van der Waals surface area contributed by atoms with Crippen LogP contribution in [0.2, 0.25) is 0 Å². The summed E-state index contributed by atoms with van der Waals surface area (Å²) in [6.07, 6.45) is 2.36. The summed E-state index contributed by atoms with van der Waals surface area (Å²) in [6.45, 7) is 9.03. The van der Waals surface area contributed by atoms with Gasteiger partial charge in [0.05, 0.1) is 12.3 Å². The zero-order chi connectivity index (χ0) is 21.8. The molecule has 31 heavy (non-hydrogen) atoms. The molecule has 5 nitrogen and oxygen atoms in total. The van der Waals surface area contributed by atoms with Crippen LogP contribution in [0.5, 0.6) is 0 Å². The highest BCUT2D eigenvalue weighted by Crippen LogP contribution is 2.40. The summed E-state index contributed by atoms with van der Waals surface area (Å²) in [7, 11) is 0. The first kappa shape index (κ1) is 21.7. The Morgan fingerprint density at radius 3 is 2.61 bits per heavy atom. The van der Waals surface area contributed by atoms with Gasteiger partial charge in [-0.15, -0.1) is 11.3 Å². The minimum absolute atomic E-state index is 0.127. The molecule has 1 aliphatic rings. The van der Waals surface area contributed by atoms with Crippen molar-refractivity contribution in [2.24, 2.45) is 0 Å². The van der Waals surface area contributed by atoms with Crippen molar-refractivity contribution in [2.45, 2.75) is 26.3 Å². The van der Waals surface area contributed by atoms with Gasteiger partial charge in [-0.2, -0.15) is 0 Å². The van der Waals surface area contributed by atoms with Crippen LogP contribution >= 0.6 is 11.3 Å². The number of benzene rings is 1. The molecule has 1 aromatic carbocycles. The third kappa shape index (κ3) is 4.89. The van der Waals surface area contributed by atoms with E-state index in [4.69, 9.17) is 4.42 Å². The lowest BCUT2D eigenvalue weighted by molar-refractivity contribution is 0.0995. The van der Waals surface area contributed by atoms with Gasteiger partial charge in [0.1, 0.15) is 10.8 Å². The highest BCUT2D eigenvalue weighted by atomic mass is 32.1. The van der Waals surface area contributed by atoms with Crippen LogP contribution in [0.25, 0.3) is 0 Å². The molecule has 3 heterocycles. The maximum absolute atomic E-state index is 14.2. The summed E-state index contributed by atoms with van der Waals surface area (Å²) >= 11 is 1.58. The number of nitrogens with zero attached hydrogens (tertiary/aromatic N) is 2. The predicted molar refractivity (Wildman–Crippen MR) is 122 cm³/mol. The molecule has 2 aromatic heterocycles. The first-order valence-electron chi connectivity index (χ1n) is 10.8. The largest absolute Gasteiger partial charge is 0.459 e. The molecule has 0 bridgehead atoms. The number of aryl methyl sites for hydroxylation is 1. The van der Waals surface area contributed by atoms with Crippen molar-refractivity contribution in [1.82, 2.24) is 9.80 Å². The second kappa shape index (κ2) is 9.77. The van der Waals surface area contributed by atoms with Crippen molar-refractivity contribution >= 4 is 22.2 Å². The quantitative estimate of drug-likeness (QED) is 0.559. The van der Waals surface area contributed by atoms with Gasteiger partial charge in [-0.1, -0.05) is 26.0 Å². The van der Waals surface area contributed by atoms with E-state index in [0.717, 1.165) is 55.3 Å². The number of amides is 1. The van der Waals surface area contributed by atoms with E-state index < -0.39 is 0 Å². The average Bonchev–Trinajstić information content (AvgIpc) is 3.45. The number of carbonyl (C=O) groups excluding carboxylic acids is 1. The summed E-state index contributed by atoms with van der Waals surface area (Å²) < 4.78 is 19.5. The van der Waals surface area contributed by atoms with Crippen LogP contribution < -0.4 is 5.32 Å². The molecule has 1 N–H and O–H groups in total. The van der Waals surface area contributed by atoms with Crippen molar-refractivity contribution in [2.75, 3.05) is 38.0 Å². The van der Waals surface area contributed by atoms with Crippen LogP contribution in [0.15, 0.2) is 53.1 Å². The molecule has 0 spiro atoms. The maximum Gasteiger partial charge on any atom is 0.291 e. The lowest BCUT2D eigenvalue weighted by Crippen LogP contribution is -2.47. The molecule has 164 valence electrons. The molecular formula is C24H28FN3O2S. The fourth-order valence-corrected chi connectivity index (χ4v) is 5.13. The topological polar surface area (TPSA) is 48.7 Å². The van der Waals surface area contributed by atoms with Gasteiger partial charge in [-0.05, 0) is 48.9 Å². The third-order valence-corrected chi connectivity index (χ3v) is 7.02. The van der Waals surface area contributed by atoms with E-state index >= 15 is 0 Å². The smallest absolute Gasteiger partial charge is 0.291 e. The van der Waals surface area contributed by atoms with E-state index in [2.05, 4.69) is 35.0 Å². The molecule has 1 atom stereocenters. The van der Waals surface area contributed by atoms with Crippen LogP contribution in [0.1, 0.15) is 46.4 Å². The Balaban J connectivity index is 1.72. The first-order chi connectivity index (χ1) is 15.1. The summed E-state index contributed by atoms with van der Waals surface area (Å²) in [5.41, 5.74) is 1.91. The zero-order valence-corrected chi connectivity index (χ0v) is 18.8. The number of hydrogen-bond acceptors (Lipinski definition) is 5. The van der Waals surface area contributed by atoms with E-state index in [0.29, 0.717) is 0 Å². The zero-order valence-electron chi connectivity index (χ0n) is 17.9. The number of halogens is 1. The average molecular weight is 442 g/mol. The molecule has 7 heteroatoms. The molecule has 4 rings (SSSR count). The van der Waals surface area contributed by atoms with Crippen LogP contribution in [-0.2, 0) is 6.42 Å². The Labute approximate surface area is 186 Å². The fourth-order valence-electron chi connectivity index (χ4n) is 4.11. The van der Waals surface area contributed by atoms with E-state index in [1.165, 1.54) is 17.2 Å². The van der Waals surface area contributed by atoms with Gasteiger partial charge in [-0.3, -0.25) is 9.69 Å². The van der Waals surface area contributed by atoms with Crippen molar-refractivity contribution in [3.63, 3.8) is 0 Å². The number of likely N-dealkylation sites (N-methyl/N-ethyl adjacent to an activating group) is 1. The van der Waals surface area contributed by atoms with E-state index in [1.807, 2.05) is 6.07 Å². The molecule has 0 aliphatic carbocycles. The second-order valence-electron chi connectivity index (χ2n) is 7.71. The number of anilines is 1. The Morgan fingerprint density at radius 1 is 1.16 bits per heavy atom. The number of nitrogens with one attached hydrogen (secondary N) is 1. The summed E-state index contributed by atoms with van der Waals surface area (Å²) in [5, 5.41) is 3.84. The Morgan fingerprint density at radius 2 is 1.97 bits per heavy atom. The minimum atomic E-state index is -0.274. The summed E-state index contributed by atoms with van der Waals surface area (Å²) in [4.78, 5) is 18.7. The molecule has 3 aromatic rings. The van der Waals surface area contributed by atoms with Crippen molar-refractivity contribution in [3.8, 4) is 0 Å². The molecule has 1 amide bonds. The number of thiophene rings is 1. The standard InChI is InChI=1S/C24H28FN3O2S/c1-3-19-16-20(24(31-19)26-23(29)21-9-6-14-30-21)22(17-7-5-8-18(25)15-17)28-12-10-27(4-2)11-13-28/h5-9,14-16,22H,3-4,10-13H2,1-2H3,(H,26,29)/t22-/m1/s1. The fraction of sp³-hybridized carbons (Fsp3) is 0.375. The molecule has 1 saturated heterocycles. The maximum atomic E-state index is 14.2. The number of carbonyl (C=O) groups is 1. The monoisotopic (exact) mass is 441 g/mol. The van der Waals surface area contributed by atoms with E-state index in [9.17, 15) is 9.18 Å². The summed E-state index contributed by atoms with van der Waals surface area (Å²) in [6, 6.07) is 12.2. The van der Waals surface area contributed by atoms with E-state index in [1.54, 1.807) is 35.6 Å². The highest BCUT2D eigenvalue weighted by Gasteiger charge is 2.30. The first-order valence-corrected chi connectivity index (χ1v) is 11.6. The summed E-state index contributed by atoms with van der Waals surface area (Å²) in [5.74, 6) is -0.248. The molecule has 0 saturated carbocycles. The number of piperazine rings is 1. The SMILES string of the molecule is CCc1cc([C@@H](c2cccc(F)c2)N2CCN(CC)CC2)c(NC(=O)c2ccco2)s1. The number of hydrogen-bond donors (Lipinski definition) is 1. The Bertz CT molecular complexity index is 1010. The molecular weight excluding hydrogens is 413 g/mol. The molecule has 0 radical (unpaired) electrons. The minimum Gasteiger partial charge on any atom is -0.459 e. The predicted octanol–water partition coefficient (Wildman–Crippen LogP) is 5.02. The number of rotatable bonds is 7. The Hall–Kier alpha value is -2.48. The normalized spacial score (nSPS) is 16.4. The van der Waals surface area contributed by atoms with Gasteiger partial charge in [0, 0.05) is 36.6 Å². The van der Waals surface area contributed by atoms with Crippen LogP contribution in [-0.4, -0.2) is 48.4 Å². The van der Waals surface area contributed by atoms with Gasteiger partial charge in [0.15, 0.2) is 5.76 Å². The molecule has 0 unspecified atom stereocenters. The molecule has 1 fully saturated rings. The van der Waals surface area contributed by atoms with Crippen molar-refractivity contribution in [3.05, 3.63) is 76.3 Å². The van der Waals surface area contributed by atoms with Gasteiger partial charge in [0.2, 0.25) is 0 Å². The van der Waals surface area contributed by atoms with Gasteiger partial charge in [0.25, 0.3) is 5.91 Å². The number of furan rings is 1. The van der Waals surface area contributed by atoms with E-state index in [-0.39, 0.29) is 23.5 Å². The van der Waals surface area contributed by atoms with Crippen molar-refractivity contribution in [1.29, 1.82) is 0 Å². The van der Waals surface area contributed by atoms with Gasteiger partial charge in [-0.25, -0.2) is 4.39 Å². The third-order valence-electron chi connectivity index (χ3n) is 5.81. The van der Waals surface area contributed by atoms with Gasteiger partial charge >= 0.3 is 0 Å². The van der Waals surface area contributed by atoms with Gasteiger partial charge < -0.3 is 14.6 Å². The Kier molecular flexibility index (Phi) is 6.85. The van der Waals surface area contributed by atoms with Crippen LogP contribution in [0.4, 0.5) is 9.39 Å². The second-order valence-corrected chi connectivity index (χ2v) is 8.85. The van der Waals surface area contributed by atoms with Crippen molar-refractivity contribution < 1.29 is 13.6 Å². The lowest BCUT2D eigenvalue weighted by atomic mass is 9.97. The van der Waals surface area contributed by atoms with Crippen LogP contribution in [0, 0.1) is 5.82 Å². The highest BCUT2D eigenvalue weighted by molar-refractivity contribution is 7.16. The lowest BCUT2D eigenvalue weighted by Gasteiger charge is -2.39.